The Bertz CT molecular complexity index is 796. The minimum Gasteiger partial charge on any atom is -0.497 e. The van der Waals surface area contributed by atoms with E-state index in [9.17, 15) is 0 Å². The molecule has 3 N–H and O–H groups in total. The average molecular weight is 347 g/mol. The second-order valence-corrected chi connectivity index (χ2v) is 4.92. The number of aromatic nitrogens is 2. The molecule has 0 aliphatic rings. The fourth-order valence-electron chi connectivity index (χ4n) is 2.25. The van der Waals surface area contributed by atoms with E-state index >= 15 is 0 Å². The van der Waals surface area contributed by atoms with Crippen molar-refractivity contribution in [2.75, 3.05) is 30.9 Å². The molecule has 126 valence electrons. The van der Waals surface area contributed by atoms with E-state index < -0.39 is 0 Å². The highest BCUT2D eigenvalue weighted by atomic mass is 35.5. The number of hydrogen-bond donors (Lipinski definition) is 3. The van der Waals surface area contributed by atoms with Crippen molar-refractivity contribution in [3.63, 3.8) is 0 Å². The van der Waals surface area contributed by atoms with Crippen molar-refractivity contribution in [1.82, 2.24) is 9.97 Å². The number of fused-ring (bicyclic) bond motifs is 1. The Balaban J connectivity index is 0.00000208. The molecule has 0 spiro atoms. The van der Waals surface area contributed by atoms with E-state index in [4.69, 9.17) is 9.84 Å². The summed E-state index contributed by atoms with van der Waals surface area (Å²) < 4.78 is 5.15. The Morgan fingerprint density at radius 2 is 1.79 bits per heavy atom. The maximum absolute atomic E-state index is 9.02. The summed E-state index contributed by atoms with van der Waals surface area (Å²) in [6.07, 6.45) is 0. The van der Waals surface area contributed by atoms with Crippen molar-refractivity contribution in [3.8, 4) is 5.75 Å². The van der Waals surface area contributed by atoms with Crippen LogP contribution in [0.25, 0.3) is 10.9 Å². The quantitative estimate of drug-likeness (QED) is 0.636. The molecule has 0 saturated heterocycles. The topological polar surface area (TPSA) is 79.3 Å². The van der Waals surface area contributed by atoms with Crippen LogP contribution in [0.2, 0.25) is 0 Å². The molecule has 0 atom stereocenters. The third-order valence-corrected chi connectivity index (χ3v) is 3.35. The lowest BCUT2D eigenvalue weighted by molar-refractivity contribution is 0.311. The summed E-state index contributed by atoms with van der Waals surface area (Å²) in [6, 6.07) is 15.3. The Hall–Kier alpha value is -2.57. The molecule has 24 heavy (non-hydrogen) atoms. The first-order valence-electron chi connectivity index (χ1n) is 7.33. The third kappa shape index (κ3) is 4.04. The molecule has 3 aromatic rings. The minimum absolute atomic E-state index is 0. The number of aliphatic hydroxyl groups excluding tert-OH is 1. The standard InChI is InChI=1S/C17H18N4O2.ClH/c1-23-13-8-6-12(7-9-13)19-17-20-15-5-3-2-4-14(15)16(21-17)18-10-11-22;/h2-9,22H,10-11H2,1H3,(H2,18,19,20,21);1H. The highest BCUT2D eigenvalue weighted by molar-refractivity contribution is 5.90. The minimum atomic E-state index is 0. The first-order chi connectivity index (χ1) is 11.3. The fraction of sp³-hybridized carbons (Fsp3) is 0.176. The van der Waals surface area contributed by atoms with Gasteiger partial charge >= 0.3 is 0 Å². The molecule has 0 fully saturated rings. The molecule has 0 aliphatic carbocycles. The van der Waals surface area contributed by atoms with E-state index in [0.29, 0.717) is 18.3 Å². The number of halogens is 1. The second kappa shape index (κ2) is 8.33. The number of aliphatic hydroxyl groups is 1. The predicted molar refractivity (Wildman–Crippen MR) is 98.6 cm³/mol. The summed E-state index contributed by atoms with van der Waals surface area (Å²) in [6.45, 7) is 0.475. The van der Waals surface area contributed by atoms with Crippen LogP contribution in [0.1, 0.15) is 0 Å². The van der Waals surface area contributed by atoms with Gasteiger partial charge < -0.3 is 20.5 Å². The summed E-state index contributed by atoms with van der Waals surface area (Å²) >= 11 is 0. The number of ether oxygens (including phenoxy) is 1. The molecule has 1 heterocycles. The van der Waals surface area contributed by atoms with Crippen LogP contribution < -0.4 is 15.4 Å². The zero-order valence-corrected chi connectivity index (χ0v) is 14.0. The molecular weight excluding hydrogens is 328 g/mol. The molecule has 0 amide bonds. The van der Waals surface area contributed by atoms with Gasteiger partial charge in [-0.25, -0.2) is 4.98 Å². The van der Waals surface area contributed by atoms with Gasteiger partial charge in [0.2, 0.25) is 5.95 Å². The molecule has 6 nitrogen and oxygen atoms in total. The molecule has 7 heteroatoms. The van der Waals surface area contributed by atoms with Crippen LogP contribution in [0.4, 0.5) is 17.5 Å². The van der Waals surface area contributed by atoms with E-state index in [2.05, 4.69) is 20.6 Å². The molecule has 0 saturated carbocycles. The fourth-order valence-corrected chi connectivity index (χ4v) is 2.25. The van der Waals surface area contributed by atoms with Gasteiger partial charge in [0.25, 0.3) is 0 Å². The van der Waals surface area contributed by atoms with Gasteiger partial charge in [0, 0.05) is 17.6 Å². The van der Waals surface area contributed by atoms with Gasteiger partial charge in [-0.15, -0.1) is 12.4 Å². The van der Waals surface area contributed by atoms with Crippen LogP contribution in [0.3, 0.4) is 0 Å². The van der Waals surface area contributed by atoms with E-state index in [0.717, 1.165) is 22.3 Å². The molecule has 0 aliphatic heterocycles. The smallest absolute Gasteiger partial charge is 0.229 e. The Labute approximate surface area is 146 Å². The number of hydrogen-bond acceptors (Lipinski definition) is 6. The van der Waals surface area contributed by atoms with Gasteiger partial charge in [0.05, 0.1) is 19.2 Å². The van der Waals surface area contributed by atoms with Crippen molar-refractivity contribution in [3.05, 3.63) is 48.5 Å². The zero-order valence-electron chi connectivity index (χ0n) is 13.2. The van der Waals surface area contributed by atoms with Crippen molar-refractivity contribution in [2.45, 2.75) is 0 Å². The molecule has 3 rings (SSSR count). The summed E-state index contributed by atoms with van der Waals surface area (Å²) in [5, 5.41) is 16.2. The number of methoxy groups -OCH3 is 1. The number of benzene rings is 2. The first-order valence-corrected chi connectivity index (χ1v) is 7.33. The number of para-hydroxylation sites is 1. The van der Waals surface area contributed by atoms with Gasteiger partial charge in [0.1, 0.15) is 11.6 Å². The number of nitrogens with one attached hydrogen (secondary N) is 2. The molecule has 2 aromatic carbocycles. The Morgan fingerprint density at radius 3 is 2.50 bits per heavy atom. The second-order valence-electron chi connectivity index (χ2n) is 4.92. The Kier molecular flexibility index (Phi) is 6.17. The van der Waals surface area contributed by atoms with Gasteiger partial charge in [-0.3, -0.25) is 0 Å². The van der Waals surface area contributed by atoms with E-state index in [-0.39, 0.29) is 19.0 Å². The maximum atomic E-state index is 9.02. The van der Waals surface area contributed by atoms with Gasteiger partial charge in [-0.2, -0.15) is 4.98 Å². The maximum Gasteiger partial charge on any atom is 0.229 e. The lowest BCUT2D eigenvalue weighted by Gasteiger charge is -2.11. The van der Waals surface area contributed by atoms with Crippen LogP contribution in [-0.4, -0.2) is 35.3 Å². The summed E-state index contributed by atoms with van der Waals surface area (Å²) in [5.41, 5.74) is 1.70. The number of rotatable bonds is 6. The number of anilines is 3. The lowest BCUT2D eigenvalue weighted by Crippen LogP contribution is -2.09. The molecular formula is C17H19ClN4O2. The Morgan fingerprint density at radius 1 is 1.04 bits per heavy atom. The first kappa shape index (κ1) is 17.8. The van der Waals surface area contributed by atoms with Gasteiger partial charge in [-0.1, -0.05) is 12.1 Å². The monoisotopic (exact) mass is 346 g/mol. The van der Waals surface area contributed by atoms with Gasteiger partial charge in [-0.05, 0) is 36.4 Å². The molecule has 1 aromatic heterocycles. The van der Waals surface area contributed by atoms with Crippen molar-refractivity contribution >= 4 is 40.8 Å². The van der Waals surface area contributed by atoms with E-state index in [1.165, 1.54) is 0 Å². The third-order valence-electron chi connectivity index (χ3n) is 3.35. The van der Waals surface area contributed by atoms with Crippen LogP contribution in [0, 0.1) is 0 Å². The normalized spacial score (nSPS) is 10.1. The van der Waals surface area contributed by atoms with Crippen LogP contribution in [0.5, 0.6) is 5.75 Å². The van der Waals surface area contributed by atoms with E-state index in [1.807, 2.05) is 48.5 Å². The highest BCUT2D eigenvalue weighted by Gasteiger charge is 2.07. The summed E-state index contributed by atoms with van der Waals surface area (Å²) in [5.74, 6) is 1.98. The van der Waals surface area contributed by atoms with Gasteiger partial charge in [0.15, 0.2) is 0 Å². The summed E-state index contributed by atoms with van der Waals surface area (Å²) in [4.78, 5) is 9.03. The molecule has 0 radical (unpaired) electrons. The average Bonchev–Trinajstić information content (AvgIpc) is 2.60. The largest absolute Gasteiger partial charge is 0.497 e. The predicted octanol–water partition coefficient (Wildman–Crippen LogP) is 3.21. The highest BCUT2D eigenvalue weighted by Crippen LogP contribution is 2.24. The molecule has 0 unspecified atom stereocenters. The number of nitrogens with zero attached hydrogens (tertiary/aromatic N) is 2. The van der Waals surface area contributed by atoms with Crippen molar-refractivity contribution < 1.29 is 9.84 Å². The van der Waals surface area contributed by atoms with Crippen LogP contribution in [0.15, 0.2) is 48.5 Å². The van der Waals surface area contributed by atoms with Crippen LogP contribution in [-0.2, 0) is 0 Å². The molecule has 0 bridgehead atoms. The van der Waals surface area contributed by atoms with Crippen molar-refractivity contribution in [1.29, 1.82) is 0 Å². The van der Waals surface area contributed by atoms with Crippen LogP contribution >= 0.6 is 12.4 Å². The van der Waals surface area contributed by atoms with Crippen molar-refractivity contribution in [2.24, 2.45) is 0 Å². The lowest BCUT2D eigenvalue weighted by atomic mass is 10.2. The van der Waals surface area contributed by atoms with E-state index in [1.54, 1.807) is 7.11 Å². The zero-order chi connectivity index (χ0) is 16.1. The summed E-state index contributed by atoms with van der Waals surface area (Å²) in [7, 11) is 1.63. The SMILES string of the molecule is COc1ccc(Nc2nc(NCCO)c3ccccc3n2)cc1.Cl.